The van der Waals surface area contributed by atoms with Gasteiger partial charge in [-0.2, -0.15) is 0 Å². The minimum absolute atomic E-state index is 0.161. The molecule has 0 bridgehead atoms. The third-order valence-electron chi connectivity index (χ3n) is 2.19. The van der Waals surface area contributed by atoms with Crippen molar-refractivity contribution in [3.8, 4) is 0 Å². The fraction of sp³-hybridized carbons (Fsp3) is 0.455. The van der Waals surface area contributed by atoms with Gasteiger partial charge in [0.2, 0.25) is 0 Å². The van der Waals surface area contributed by atoms with Gasteiger partial charge in [-0.25, -0.2) is 0 Å². The second-order valence-electron chi connectivity index (χ2n) is 3.39. The van der Waals surface area contributed by atoms with E-state index < -0.39 is 0 Å². The van der Waals surface area contributed by atoms with Crippen molar-refractivity contribution in [3.63, 3.8) is 0 Å². The highest BCUT2D eigenvalue weighted by Crippen LogP contribution is 2.04. The Hall–Kier alpha value is -0.690. The number of methoxy groups -OCH3 is 1. The van der Waals surface area contributed by atoms with E-state index in [9.17, 15) is 4.79 Å². The number of ether oxygens (including phenoxy) is 1. The zero-order chi connectivity index (χ0) is 12.0. The summed E-state index contributed by atoms with van der Waals surface area (Å²) in [5.41, 5.74) is 2.16. The first kappa shape index (κ1) is 13.4. The number of pyridine rings is 1. The van der Waals surface area contributed by atoms with E-state index in [4.69, 9.17) is 0 Å². The number of hydrogen-bond acceptors (Lipinski definition) is 4. The van der Waals surface area contributed by atoms with Gasteiger partial charge >= 0.3 is 5.97 Å². The molecule has 0 aliphatic rings. The van der Waals surface area contributed by atoms with Gasteiger partial charge in [0.25, 0.3) is 0 Å². The first-order chi connectivity index (χ1) is 7.65. The number of alkyl halides is 1. The molecule has 0 fully saturated rings. The quantitative estimate of drug-likeness (QED) is 0.503. The molecule has 0 saturated heterocycles. The monoisotopic (exact) mass is 334 g/mol. The molecule has 0 radical (unpaired) electrons. The molecule has 1 rings (SSSR count). The highest BCUT2D eigenvalue weighted by atomic mass is 127. The highest BCUT2D eigenvalue weighted by molar-refractivity contribution is 14.1. The van der Waals surface area contributed by atoms with Crippen molar-refractivity contribution in [2.45, 2.75) is 17.4 Å². The van der Waals surface area contributed by atoms with E-state index in [2.05, 4.69) is 37.6 Å². The molecule has 1 unspecified atom stereocenters. The smallest absolute Gasteiger partial charge is 0.319 e. The normalized spacial score (nSPS) is 12.2. The van der Waals surface area contributed by atoms with Crippen molar-refractivity contribution in [1.29, 1.82) is 0 Å². The number of nitrogens with zero attached hydrogens (tertiary/aromatic N) is 1. The van der Waals surface area contributed by atoms with E-state index in [1.807, 2.05) is 19.1 Å². The lowest BCUT2D eigenvalue weighted by Gasteiger charge is -2.09. The summed E-state index contributed by atoms with van der Waals surface area (Å²) >= 11 is 2.06. The Morgan fingerprint density at radius 1 is 1.69 bits per heavy atom. The third kappa shape index (κ3) is 4.05. The zero-order valence-electron chi connectivity index (χ0n) is 9.37. The average Bonchev–Trinajstić information content (AvgIpc) is 2.30. The van der Waals surface area contributed by atoms with Crippen molar-refractivity contribution in [3.05, 3.63) is 29.6 Å². The highest BCUT2D eigenvalue weighted by Gasteiger charge is 2.14. The summed E-state index contributed by atoms with van der Waals surface area (Å²) in [6, 6.07) is 3.93. The maximum atomic E-state index is 11.1. The number of rotatable bonds is 5. The molecule has 0 aliphatic heterocycles. The number of hydrogen-bond donors (Lipinski definition) is 1. The summed E-state index contributed by atoms with van der Waals surface area (Å²) in [6.07, 6.45) is 1.77. The van der Waals surface area contributed by atoms with Crippen LogP contribution in [-0.4, -0.2) is 28.5 Å². The molecule has 1 heterocycles. The van der Waals surface area contributed by atoms with Crippen LogP contribution >= 0.6 is 22.6 Å². The molecular formula is C11H15IN2O2. The van der Waals surface area contributed by atoms with Crippen LogP contribution in [0.5, 0.6) is 0 Å². The number of halogens is 1. The molecule has 1 atom stereocenters. The Morgan fingerprint density at radius 3 is 3.06 bits per heavy atom. The van der Waals surface area contributed by atoms with Crippen molar-refractivity contribution < 1.29 is 9.53 Å². The average molecular weight is 334 g/mol. The van der Waals surface area contributed by atoms with Crippen LogP contribution in [0.3, 0.4) is 0 Å². The van der Waals surface area contributed by atoms with Gasteiger partial charge in [-0.1, -0.05) is 28.7 Å². The van der Waals surface area contributed by atoms with E-state index >= 15 is 0 Å². The van der Waals surface area contributed by atoms with Gasteiger partial charge in [-0.3, -0.25) is 9.78 Å². The Labute approximate surface area is 109 Å². The van der Waals surface area contributed by atoms with Crippen molar-refractivity contribution >= 4 is 28.6 Å². The molecule has 1 N–H and O–H groups in total. The summed E-state index contributed by atoms with van der Waals surface area (Å²) in [6.45, 7) is 3.28. The Bertz CT molecular complexity index is 358. The van der Waals surface area contributed by atoms with Crippen LogP contribution in [-0.2, 0) is 16.1 Å². The predicted octanol–water partition coefficient (Wildman–Crippen LogP) is 1.46. The second kappa shape index (κ2) is 6.80. The maximum absolute atomic E-state index is 11.1. The SMILES string of the molecule is COC(=O)C(I)CNCc1ncccc1C. The van der Waals surface area contributed by atoms with Crippen LogP contribution in [0.4, 0.5) is 0 Å². The van der Waals surface area contributed by atoms with Crippen LogP contribution in [0, 0.1) is 6.92 Å². The van der Waals surface area contributed by atoms with Crippen LogP contribution in [0.2, 0.25) is 0 Å². The van der Waals surface area contributed by atoms with E-state index in [0.717, 1.165) is 11.3 Å². The number of aryl methyl sites for hydroxylation is 1. The van der Waals surface area contributed by atoms with Crippen LogP contribution < -0.4 is 5.32 Å². The summed E-state index contributed by atoms with van der Waals surface area (Å²) in [5, 5.41) is 3.19. The topological polar surface area (TPSA) is 51.2 Å². The summed E-state index contributed by atoms with van der Waals surface area (Å²) in [4.78, 5) is 15.4. The van der Waals surface area contributed by atoms with E-state index in [0.29, 0.717) is 13.1 Å². The van der Waals surface area contributed by atoms with Crippen LogP contribution in [0.15, 0.2) is 18.3 Å². The van der Waals surface area contributed by atoms with E-state index in [-0.39, 0.29) is 9.89 Å². The first-order valence-electron chi connectivity index (χ1n) is 4.98. The van der Waals surface area contributed by atoms with Gasteiger partial charge in [-0.05, 0) is 18.6 Å². The van der Waals surface area contributed by atoms with E-state index in [1.54, 1.807) is 6.20 Å². The van der Waals surface area contributed by atoms with Crippen molar-refractivity contribution in [2.75, 3.05) is 13.7 Å². The minimum Gasteiger partial charge on any atom is -0.468 e. The number of carbonyl (C=O) groups is 1. The van der Waals surface area contributed by atoms with Gasteiger partial charge in [0.15, 0.2) is 0 Å². The molecule has 1 aromatic rings. The van der Waals surface area contributed by atoms with Crippen LogP contribution in [0.25, 0.3) is 0 Å². The number of esters is 1. The standard InChI is InChI=1S/C11H15IN2O2/c1-8-4-3-5-14-10(8)7-13-6-9(12)11(15)16-2/h3-5,9,13H,6-7H2,1-2H3. The lowest BCUT2D eigenvalue weighted by Crippen LogP contribution is -2.29. The molecule has 0 aliphatic carbocycles. The molecule has 1 aromatic heterocycles. The van der Waals surface area contributed by atoms with Gasteiger partial charge in [0.1, 0.15) is 3.92 Å². The second-order valence-corrected chi connectivity index (χ2v) is 4.89. The van der Waals surface area contributed by atoms with Gasteiger partial charge in [0, 0.05) is 19.3 Å². The number of aromatic nitrogens is 1. The molecule has 0 aromatic carbocycles. The predicted molar refractivity (Wildman–Crippen MR) is 70.5 cm³/mol. The molecule has 88 valence electrons. The summed E-state index contributed by atoms with van der Waals surface area (Å²) in [5.74, 6) is -0.203. The Kier molecular flexibility index (Phi) is 5.68. The van der Waals surface area contributed by atoms with Crippen molar-refractivity contribution in [2.24, 2.45) is 0 Å². The Morgan fingerprint density at radius 2 is 2.44 bits per heavy atom. The minimum atomic E-state index is -0.203. The fourth-order valence-electron chi connectivity index (χ4n) is 1.23. The largest absolute Gasteiger partial charge is 0.468 e. The summed E-state index contributed by atoms with van der Waals surface area (Å²) < 4.78 is 4.48. The molecule has 0 spiro atoms. The summed E-state index contributed by atoms with van der Waals surface area (Å²) in [7, 11) is 1.40. The van der Waals surface area contributed by atoms with Gasteiger partial charge in [-0.15, -0.1) is 0 Å². The van der Waals surface area contributed by atoms with E-state index in [1.165, 1.54) is 7.11 Å². The fourth-order valence-corrected chi connectivity index (χ4v) is 1.80. The lowest BCUT2D eigenvalue weighted by molar-refractivity contribution is -0.139. The van der Waals surface area contributed by atoms with Crippen LogP contribution in [0.1, 0.15) is 11.3 Å². The van der Waals surface area contributed by atoms with Crippen molar-refractivity contribution in [1.82, 2.24) is 10.3 Å². The Balaban J connectivity index is 2.36. The molecule has 4 nitrogen and oxygen atoms in total. The van der Waals surface area contributed by atoms with Gasteiger partial charge in [0.05, 0.1) is 12.8 Å². The van der Waals surface area contributed by atoms with Gasteiger partial charge < -0.3 is 10.1 Å². The molecular weight excluding hydrogens is 319 g/mol. The molecule has 16 heavy (non-hydrogen) atoms. The number of carbonyl (C=O) groups excluding carboxylic acids is 1. The molecule has 0 amide bonds. The lowest BCUT2D eigenvalue weighted by atomic mass is 10.2. The number of nitrogens with one attached hydrogen (secondary N) is 1. The first-order valence-corrected chi connectivity index (χ1v) is 6.23. The third-order valence-corrected chi connectivity index (χ3v) is 3.14. The molecule has 5 heteroatoms. The molecule has 0 saturated carbocycles. The maximum Gasteiger partial charge on any atom is 0.319 e. The zero-order valence-corrected chi connectivity index (χ0v) is 11.5.